The van der Waals surface area contributed by atoms with E-state index < -0.39 is 33.6 Å². The van der Waals surface area contributed by atoms with Crippen LogP contribution in [0.15, 0.2) is 41.3 Å². The quantitative estimate of drug-likeness (QED) is 0.487. The van der Waals surface area contributed by atoms with E-state index in [0.29, 0.717) is 22.9 Å². The van der Waals surface area contributed by atoms with Gasteiger partial charge in [-0.2, -0.15) is 4.72 Å². The Hall–Kier alpha value is -2.69. The highest BCUT2D eigenvalue weighted by molar-refractivity contribution is 7.89. The lowest BCUT2D eigenvalue weighted by molar-refractivity contribution is -0.145. The first-order valence-electron chi connectivity index (χ1n) is 12.9. The minimum atomic E-state index is -3.98. The maximum atomic E-state index is 13.4. The molecule has 4 rings (SSSR count). The van der Waals surface area contributed by atoms with Gasteiger partial charge in [0.1, 0.15) is 12.1 Å². The van der Waals surface area contributed by atoms with Gasteiger partial charge in [-0.1, -0.05) is 23.7 Å². The van der Waals surface area contributed by atoms with Crippen molar-refractivity contribution in [2.24, 2.45) is 5.92 Å². The van der Waals surface area contributed by atoms with Crippen molar-refractivity contribution in [1.82, 2.24) is 19.8 Å². The first-order valence-corrected chi connectivity index (χ1v) is 14.7. The zero-order chi connectivity index (χ0) is 27.8. The number of carbonyl (C=O) groups is 3. The molecule has 2 aliphatic rings. The zero-order valence-electron chi connectivity index (χ0n) is 22.2. The summed E-state index contributed by atoms with van der Waals surface area (Å²) in [6.45, 7) is 7.87. The first kappa shape index (κ1) is 28.3. The SMILES string of the molecule is C[C@@H](C(=O)N(CC(=O)NC(C)(C)C)CC1CC1)N1CC[C@H](NS(=O)(=O)c2ccc3cc(Cl)ccc3c2)C1=O. The number of benzene rings is 2. The predicted molar refractivity (Wildman–Crippen MR) is 146 cm³/mol. The van der Waals surface area contributed by atoms with Gasteiger partial charge in [0.05, 0.1) is 11.4 Å². The lowest BCUT2D eigenvalue weighted by atomic mass is 10.1. The Kier molecular flexibility index (Phi) is 8.07. The smallest absolute Gasteiger partial charge is 0.245 e. The van der Waals surface area contributed by atoms with Crippen LogP contribution in [0.5, 0.6) is 0 Å². The summed E-state index contributed by atoms with van der Waals surface area (Å²) in [7, 11) is -3.98. The second-order valence-corrected chi connectivity index (χ2v) is 13.4. The molecular weight excluding hydrogens is 528 g/mol. The van der Waals surface area contributed by atoms with Crippen LogP contribution in [0.25, 0.3) is 10.8 Å². The molecule has 0 unspecified atom stereocenters. The van der Waals surface area contributed by atoms with Crippen LogP contribution in [-0.2, 0) is 24.4 Å². The second-order valence-electron chi connectivity index (χ2n) is 11.3. The van der Waals surface area contributed by atoms with Crippen LogP contribution < -0.4 is 10.0 Å². The molecule has 1 saturated heterocycles. The summed E-state index contributed by atoms with van der Waals surface area (Å²) in [5.41, 5.74) is -0.426. The number of amides is 3. The summed E-state index contributed by atoms with van der Waals surface area (Å²) in [5.74, 6) is -0.659. The van der Waals surface area contributed by atoms with Gasteiger partial charge < -0.3 is 15.1 Å². The van der Waals surface area contributed by atoms with E-state index in [1.165, 1.54) is 21.9 Å². The molecule has 0 bridgehead atoms. The fourth-order valence-electron chi connectivity index (χ4n) is 4.69. The molecule has 2 aromatic carbocycles. The van der Waals surface area contributed by atoms with Crippen molar-refractivity contribution < 1.29 is 22.8 Å². The van der Waals surface area contributed by atoms with Crippen molar-refractivity contribution in [2.75, 3.05) is 19.6 Å². The molecular formula is C27H35ClN4O5S. The van der Waals surface area contributed by atoms with Gasteiger partial charge in [0.15, 0.2) is 0 Å². The molecule has 0 spiro atoms. The van der Waals surface area contributed by atoms with E-state index in [1.54, 1.807) is 31.2 Å². The molecule has 9 nitrogen and oxygen atoms in total. The topological polar surface area (TPSA) is 116 Å². The van der Waals surface area contributed by atoms with Crippen LogP contribution in [-0.4, -0.2) is 73.2 Å². The van der Waals surface area contributed by atoms with E-state index in [-0.39, 0.29) is 36.2 Å². The van der Waals surface area contributed by atoms with Crippen LogP contribution in [0.4, 0.5) is 0 Å². The maximum Gasteiger partial charge on any atom is 0.245 e. The van der Waals surface area contributed by atoms with E-state index in [4.69, 9.17) is 11.6 Å². The average molecular weight is 563 g/mol. The first-order chi connectivity index (χ1) is 17.7. The monoisotopic (exact) mass is 562 g/mol. The number of sulfonamides is 1. The Morgan fingerprint density at radius 1 is 1.11 bits per heavy atom. The van der Waals surface area contributed by atoms with Crippen molar-refractivity contribution in [3.63, 3.8) is 0 Å². The largest absolute Gasteiger partial charge is 0.350 e. The van der Waals surface area contributed by atoms with Crippen molar-refractivity contribution >= 4 is 50.1 Å². The molecule has 2 aromatic rings. The van der Waals surface area contributed by atoms with Gasteiger partial charge in [0, 0.05) is 23.7 Å². The zero-order valence-corrected chi connectivity index (χ0v) is 23.7. The van der Waals surface area contributed by atoms with Crippen LogP contribution >= 0.6 is 11.6 Å². The van der Waals surface area contributed by atoms with E-state index in [0.717, 1.165) is 18.2 Å². The van der Waals surface area contributed by atoms with E-state index in [2.05, 4.69) is 10.0 Å². The number of fused-ring (bicyclic) bond motifs is 1. The second kappa shape index (κ2) is 10.8. The van der Waals surface area contributed by atoms with Crippen LogP contribution in [0, 0.1) is 5.92 Å². The van der Waals surface area contributed by atoms with Gasteiger partial charge in [-0.15, -0.1) is 0 Å². The molecule has 206 valence electrons. The number of halogens is 1. The third kappa shape index (κ3) is 6.84. The van der Waals surface area contributed by atoms with E-state index in [1.807, 2.05) is 20.8 Å². The minimum Gasteiger partial charge on any atom is -0.350 e. The lowest BCUT2D eigenvalue weighted by Crippen LogP contribution is -2.53. The molecule has 2 fully saturated rings. The Morgan fingerprint density at radius 3 is 2.42 bits per heavy atom. The summed E-state index contributed by atoms with van der Waals surface area (Å²) in [5, 5.41) is 4.95. The normalized spacial score (nSPS) is 19.0. The van der Waals surface area contributed by atoms with Crippen molar-refractivity contribution in [3.05, 3.63) is 41.4 Å². The third-order valence-corrected chi connectivity index (χ3v) is 8.49. The highest BCUT2D eigenvalue weighted by Gasteiger charge is 2.41. The maximum absolute atomic E-state index is 13.4. The number of hydrogen-bond donors (Lipinski definition) is 2. The molecule has 2 atom stereocenters. The van der Waals surface area contributed by atoms with Crippen LogP contribution in [0.1, 0.15) is 47.0 Å². The fraction of sp³-hybridized carbons (Fsp3) is 0.519. The Balaban J connectivity index is 1.43. The molecule has 0 aromatic heterocycles. The predicted octanol–water partition coefficient (Wildman–Crippen LogP) is 2.91. The van der Waals surface area contributed by atoms with Gasteiger partial charge >= 0.3 is 0 Å². The molecule has 2 N–H and O–H groups in total. The molecule has 38 heavy (non-hydrogen) atoms. The van der Waals surface area contributed by atoms with Gasteiger partial charge in [-0.3, -0.25) is 14.4 Å². The number of hydrogen-bond acceptors (Lipinski definition) is 5. The number of nitrogens with one attached hydrogen (secondary N) is 2. The summed E-state index contributed by atoms with van der Waals surface area (Å²) in [4.78, 5) is 42.1. The van der Waals surface area contributed by atoms with Crippen LogP contribution in [0.2, 0.25) is 5.02 Å². The van der Waals surface area contributed by atoms with E-state index >= 15 is 0 Å². The van der Waals surface area contributed by atoms with Crippen molar-refractivity contribution in [2.45, 2.75) is 69.5 Å². The molecule has 0 radical (unpaired) electrons. The number of nitrogens with zero attached hydrogens (tertiary/aromatic N) is 2. The minimum absolute atomic E-state index is 0.0446. The Labute approximate surface area is 228 Å². The standard InChI is InChI=1S/C27H35ClN4O5S/c1-17(25(34)31(15-18-5-6-18)16-24(33)29-27(2,3)4)32-12-11-23(26(32)35)30-38(36,37)22-10-8-19-13-21(28)9-7-20(19)14-22/h7-10,13-14,17-18,23,30H,5-6,11-12,15-16H2,1-4H3,(H,29,33)/t17-,23-/m0/s1. The van der Waals surface area contributed by atoms with Gasteiger partial charge in [0.2, 0.25) is 27.7 Å². The summed E-state index contributed by atoms with van der Waals surface area (Å²) in [6, 6.07) is 8.06. The van der Waals surface area contributed by atoms with E-state index in [9.17, 15) is 22.8 Å². The summed E-state index contributed by atoms with van der Waals surface area (Å²) in [6.07, 6.45) is 2.26. The Bertz CT molecular complexity index is 1350. The van der Waals surface area contributed by atoms with Gasteiger partial charge in [-0.25, -0.2) is 8.42 Å². The third-order valence-electron chi connectivity index (χ3n) is 6.78. The Morgan fingerprint density at radius 2 is 1.76 bits per heavy atom. The molecule has 1 aliphatic heterocycles. The average Bonchev–Trinajstić information content (AvgIpc) is 3.57. The number of carbonyl (C=O) groups excluding carboxylic acids is 3. The fourth-order valence-corrected chi connectivity index (χ4v) is 6.13. The summed E-state index contributed by atoms with van der Waals surface area (Å²) < 4.78 is 28.7. The number of rotatable bonds is 9. The van der Waals surface area contributed by atoms with Crippen molar-refractivity contribution in [1.29, 1.82) is 0 Å². The lowest BCUT2D eigenvalue weighted by Gasteiger charge is -2.31. The molecule has 3 amide bonds. The molecule has 1 aliphatic carbocycles. The van der Waals surface area contributed by atoms with Crippen LogP contribution in [0.3, 0.4) is 0 Å². The van der Waals surface area contributed by atoms with Crippen molar-refractivity contribution in [3.8, 4) is 0 Å². The molecule has 1 heterocycles. The number of likely N-dealkylation sites (tertiary alicyclic amines) is 1. The highest BCUT2D eigenvalue weighted by atomic mass is 35.5. The highest BCUT2D eigenvalue weighted by Crippen LogP contribution is 2.30. The molecule has 1 saturated carbocycles. The van der Waals surface area contributed by atoms with Gasteiger partial charge in [-0.05, 0) is 87.9 Å². The molecule has 11 heteroatoms. The van der Waals surface area contributed by atoms with Gasteiger partial charge in [0.25, 0.3) is 0 Å². The summed E-state index contributed by atoms with van der Waals surface area (Å²) >= 11 is 6.02.